The zero-order valence-electron chi connectivity index (χ0n) is 11.7. The number of anilines is 1. The van der Waals surface area contributed by atoms with E-state index in [1.54, 1.807) is 19.1 Å². The maximum atomic E-state index is 12.8. The second-order valence-electron chi connectivity index (χ2n) is 4.95. The van der Waals surface area contributed by atoms with E-state index in [1.807, 2.05) is 6.92 Å². The van der Waals surface area contributed by atoms with Crippen LogP contribution in [0.5, 0.6) is 0 Å². The van der Waals surface area contributed by atoms with E-state index in [2.05, 4.69) is 0 Å². The molecular formula is C13H20N2O4S. The molecule has 0 radical (unpaired) electrons. The smallest absolute Gasteiger partial charge is 0.245 e. The first kappa shape index (κ1) is 15.2. The molecule has 1 saturated heterocycles. The Morgan fingerprint density at radius 1 is 1.45 bits per heavy atom. The van der Waals surface area contributed by atoms with Gasteiger partial charge in [0.25, 0.3) is 0 Å². The van der Waals surface area contributed by atoms with Gasteiger partial charge in [-0.15, -0.1) is 0 Å². The summed E-state index contributed by atoms with van der Waals surface area (Å²) in [5.41, 5.74) is 7.62. The van der Waals surface area contributed by atoms with Crippen LogP contribution in [0.4, 0.5) is 5.69 Å². The molecule has 1 aliphatic heterocycles. The molecule has 7 heteroatoms. The molecule has 112 valence electrons. The molecule has 0 aliphatic carbocycles. The van der Waals surface area contributed by atoms with E-state index >= 15 is 0 Å². The van der Waals surface area contributed by atoms with Gasteiger partial charge in [0.2, 0.25) is 10.0 Å². The Balaban J connectivity index is 2.52. The van der Waals surface area contributed by atoms with E-state index in [9.17, 15) is 13.5 Å². The first-order valence-electron chi connectivity index (χ1n) is 6.45. The number of hydrogen-bond donors (Lipinski definition) is 2. The highest BCUT2D eigenvalue weighted by molar-refractivity contribution is 7.89. The van der Waals surface area contributed by atoms with Crippen molar-refractivity contribution in [2.75, 3.05) is 32.1 Å². The van der Waals surface area contributed by atoms with Crippen LogP contribution < -0.4 is 5.73 Å². The number of aliphatic hydroxyl groups is 1. The summed E-state index contributed by atoms with van der Waals surface area (Å²) in [6.45, 7) is 4.05. The highest BCUT2D eigenvalue weighted by Gasteiger charge is 2.35. The molecule has 0 spiro atoms. The largest absolute Gasteiger partial charge is 0.398 e. The van der Waals surface area contributed by atoms with Crippen molar-refractivity contribution in [3.63, 3.8) is 0 Å². The van der Waals surface area contributed by atoms with Crippen molar-refractivity contribution in [2.45, 2.75) is 24.8 Å². The topological polar surface area (TPSA) is 92.9 Å². The monoisotopic (exact) mass is 300 g/mol. The molecule has 0 bridgehead atoms. The van der Waals surface area contributed by atoms with Gasteiger partial charge in [-0.05, 0) is 31.0 Å². The van der Waals surface area contributed by atoms with Gasteiger partial charge in [-0.25, -0.2) is 8.42 Å². The Labute approximate surface area is 119 Å². The number of aryl methyl sites for hydroxylation is 1. The maximum absolute atomic E-state index is 12.8. The third-order valence-electron chi connectivity index (χ3n) is 3.66. The SMILES string of the molecule is Cc1ccc(N)c(S(=O)(=O)N2CCOCC2CO)c1C. The van der Waals surface area contributed by atoms with Gasteiger partial charge in [0.05, 0.1) is 31.5 Å². The second kappa shape index (κ2) is 5.69. The van der Waals surface area contributed by atoms with Crippen LogP contribution in [0.1, 0.15) is 11.1 Å². The molecule has 6 nitrogen and oxygen atoms in total. The summed E-state index contributed by atoms with van der Waals surface area (Å²) in [6.07, 6.45) is 0. The van der Waals surface area contributed by atoms with Crippen molar-refractivity contribution in [1.82, 2.24) is 4.31 Å². The summed E-state index contributed by atoms with van der Waals surface area (Å²) >= 11 is 0. The first-order valence-corrected chi connectivity index (χ1v) is 7.89. The molecule has 1 fully saturated rings. The van der Waals surface area contributed by atoms with Crippen LogP contribution in [0.25, 0.3) is 0 Å². The Morgan fingerprint density at radius 3 is 2.80 bits per heavy atom. The quantitative estimate of drug-likeness (QED) is 0.782. The number of aliphatic hydroxyl groups excluding tert-OH is 1. The minimum absolute atomic E-state index is 0.137. The lowest BCUT2D eigenvalue weighted by molar-refractivity contribution is 0.0109. The average molecular weight is 300 g/mol. The van der Waals surface area contributed by atoms with E-state index in [0.29, 0.717) is 12.2 Å². The van der Waals surface area contributed by atoms with Crippen LogP contribution >= 0.6 is 0 Å². The number of sulfonamides is 1. The minimum atomic E-state index is -3.74. The predicted molar refractivity (Wildman–Crippen MR) is 75.9 cm³/mol. The number of nitrogens with two attached hydrogens (primary N) is 1. The number of nitrogens with zero attached hydrogens (tertiary/aromatic N) is 1. The van der Waals surface area contributed by atoms with Gasteiger partial charge in [-0.2, -0.15) is 4.31 Å². The van der Waals surface area contributed by atoms with Crippen LogP contribution in [-0.2, 0) is 14.8 Å². The third kappa shape index (κ3) is 2.54. The van der Waals surface area contributed by atoms with Gasteiger partial charge in [-0.1, -0.05) is 6.07 Å². The fourth-order valence-corrected chi connectivity index (χ4v) is 4.35. The van der Waals surface area contributed by atoms with Crippen molar-refractivity contribution >= 4 is 15.7 Å². The highest BCUT2D eigenvalue weighted by atomic mass is 32.2. The Kier molecular flexibility index (Phi) is 4.33. The molecule has 1 aromatic rings. The molecule has 20 heavy (non-hydrogen) atoms. The predicted octanol–water partition coefficient (Wildman–Crippen LogP) is 0.267. The van der Waals surface area contributed by atoms with Crippen molar-refractivity contribution in [3.05, 3.63) is 23.3 Å². The first-order chi connectivity index (χ1) is 9.39. The van der Waals surface area contributed by atoms with Crippen molar-refractivity contribution < 1.29 is 18.3 Å². The number of benzene rings is 1. The number of nitrogen functional groups attached to an aromatic ring is 1. The van der Waals surface area contributed by atoms with E-state index in [4.69, 9.17) is 10.5 Å². The summed E-state index contributed by atoms with van der Waals surface area (Å²) in [5.74, 6) is 0. The van der Waals surface area contributed by atoms with Gasteiger partial charge in [-0.3, -0.25) is 0 Å². The lowest BCUT2D eigenvalue weighted by atomic mass is 10.1. The Hall–Kier alpha value is -1.15. The number of hydrogen-bond acceptors (Lipinski definition) is 5. The van der Waals surface area contributed by atoms with Gasteiger partial charge in [0.15, 0.2) is 0 Å². The lowest BCUT2D eigenvalue weighted by Gasteiger charge is -2.34. The summed E-state index contributed by atoms with van der Waals surface area (Å²) in [5, 5.41) is 9.35. The molecule has 0 amide bonds. The molecule has 2 rings (SSSR count). The Morgan fingerprint density at radius 2 is 2.15 bits per heavy atom. The standard InChI is InChI=1S/C13H20N2O4S/c1-9-3-4-12(14)13(10(9)2)20(17,18)15-5-6-19-8-11(15)7-16/h3-4,11,16H,5-8,14H2,1-2H3. The van der Waals surface area contributed by atoms with Crippen molar-refractivity contribution in [2.24, 2.45) is 0 Å². The molecule has 0 saturated carbocycles. The van der Waals surface area contributed by atoms with Crippen molar-refractivity contribution in [1.29, 1.82) is 0 Å². The molecule has 0 aromatic heterocycles. The molecule has 1 heterocycles. The lowest BCUT2D eigenvalue weighted by Crippen LogP contribution is -2.50. The van der Waals surface area contributed by atoms with Gasteiger partial charge < -0.3 is 15.6 Å². The summed E-state index contributed by atoms with van der Waals surface area (Å²) < 4.78 is 32.2. The average Bonchev–Trinajstić information content (AvgIpc) is 2.43. The van der Waals surface area contributed by atoms with Crippen LogP contribution in [0.15, 0.2) is 17.0 Å². The maximum Gasteiger partial charge on any atom is 0.245 e. The molecule has 1 aliphatic rings. The van der Waals surface area contributed by atoms with E-state index in [0.717, 1.165) is 5.56 Å². The summed E-state index contributed by atoms with van der Waals surface area (Å²) in [4.78, 5) is 0.137. The van der Waals surface area contributed by atoms with E-state index < -0.39 is 16.1 Å². The van der Waals surface area contributed by atoms with Crippen LogP contribution in [-0.4, -0.2) is 50.2 Å². The summed E-state index contributed by atoms with van der Waals surface area (Å²) in [6, 6.07) is 2.84. The van der Waals surface area contributed by atoms with Crippen LogP contribution in [0, 0.1) is 13.8 Å². The summed E-state index contributed by atoms with van der Waals surface area (Å²) in [7, 11) is -3.74. The van der Waals surface area contributed by atoms with Gasteiger partial charge >= 0.3 is 0 Å². The normalized spacial score (nSPS) is 21.1. The zero-order chi connectivity index (χ0) is 14.9. The van der Waals surface area contributed by atoms with Crippen molar-refractivity contribution in [3.8, 4) is 0 Å². The number of ether oxygens (including phenoxy) is 1. The number of morpholine rings is 1. The third-order valence-corrected chi connectivity index (χ3v) is 5.81. The second-order valence-corrected chi connectivity index (χ2v) is 6.78. The minimum Gasteiger partial charge on any atom is -0.398 e. The molecule has 1 atom stereocenters. The number of rotatable bonds is 3. The molecule has 1 unspecified atom stereocenters. The molecule has 1 aromatic carbocycles. The Bertz CT molecular complexity index is 601. The molecule has 3 N–H and O–H groups in total. The fraction of sp³-hybridized carbons (Fsp3) is 0.538. The molecular weight excluding hydrogens is 280 g/mol. The fourth-order valence-electron chi connectivity index (χ4n) is 2.37. The van der Waals surface area contributed by atoms with E-state index in [-0.39, 0.29) is 30.3 Å². The highest BCUT2D eigenvalue weighted by Crippen LogP contribution is 2.30. The van der Waals surface area contributed by atoms with Gasteiger partial charge in [0.1, 0.15) is 4.90 Å². The zero-order valence-corrected chi connectivity index (χ0v) is 12.5. The van der Waals surface area contributed by atoms with Crippen LogP contribution in [0.2, 0.25) is 0 Å². The van der Waals surface area contributed by atoms with E-state index in [1.165, 1.54) is 4.31 Å². The van der Waals surface area contributed by atoms with Crippen LogP contribution in [0.3, 0.4) is 0 Å². The van der Waals surface area contributed by atoms with Gasteiger partial charge in [0, 0.05) is 6.54 Å².